The van der Waals surface area contributed by atoms with Gasteiger partial charge in [0.1, 0.15) is 17.3 Å². The number of carbonyl (C=O) groups is 1. The summed E-state index contributed by atoms with van der Waals surface area (Å²) in [6.45, 7) is 4.47. The van der Waals surface area contributed by atoms with Gasteiger partial charge in [0.05, 0.1) is 0 Å². The van der Waals surface area contributed by atoms with Gasteiger partial charge in [0.2, 0.25) is 0 Å². The monoisotopic (exact) mass is 375 g/mol. The number of aromatic nitrogens is 2. The maximum atomic E-state index is 12.6. The highest BCUT2D eigenvalue weighted by atomic mass is 16.1. The van der Waals surface area contributed by atoms with Gasteiger partial charge in [0, 0.05) is 38.1 Å². The number of aryl methyl sites for hydroxylation is 2. The summed E-state index contributed by atoms with van der Waals surface area (Å²) in [5.41, 5.74) is 4.48. The number of carbonyl (C=O) groups excluding carboxylic acids is 1. The topological polar surface area (TPSA) is 70.2 Å². The van der Waals surface area contributed by atoms with Crippen molar-refractivity contribution in [3.05, 3.63) is 77.2 Å². The van der Waals surface area contributed by atoms with Crippen molar-refractivity contribution in [3.8, 4) is 0 Å². The van der Waals surface area contributed by atoms with Gasteiger partial charge in [-0.15, -0.1) is 0 Å². The van der Waals surface area contributed by atoms with Crippen molar-refractivity contribution >= 4 is 23.1 Å². The zero-order valence-electron chi connectivity index (χ0n) is 16.7. The first kappa shape index (κ1) is 19.4. The van der Waals surface area contributed by atoms with Crippen LogP contribution in [0.3, 0.4) is 0 Å². The Kier molecular flexibility index (Phi) is 5.89. The minimum Gasteiger partial charge on any atom is -0.378 e. The molecule has 6 heteroatoms. The lowest BCUT2D eigenvalue weighted by Crippen LogP contribution is -2.16. The molecule has 0 aliphatic rings. The molecule has 144 valence electrons. The fourth-order valence-electron chi connectivity index (χ4n) is 2.83. The Bertz CT molecular complexity index is 967. The second-order valence-corrected chi connectivity index (χ2v) is 6.92. The van der Waals surface area contributed by atoms with Gasteiger partial charge in [-0.25, -0.2) is 9.97 Å². The molecule has 0 aliphatic heterocycles. The predicted molar refractivity (Wildman–Crippen MR) is 114 cm³/mol. The van der Waals surface area contributed by atoms with E-state index in [0.717, 1.165) is 16.9 Å². The van der Waals surface area contributed by atoms with Gasteiger partial charge in [0.15, 0.2) is 0 Å². The third-order valence-electron chi connectivity index (χ3n) is 4.27. The van der Waals surface area contributed by atoms with Crippen molar-refractivity contribution in [2.45, 2.75) is 20.4 Å². The van der Waals surface area contributed by atoms with Crippen LogP contribution in [-0.4, -0.2) is 30.0 Å². The first-order valence-corrected chi connectivity index (χ1v) is 9.14. The second kappa shape index (κ2) is 8.52. The molecule has 0 spiro atoms. The molecule has 2 aromatic carbocycles. The van der Waals surface area contributed by atoms with Crippen LogP contribution in [0.25, 0.3) is 0 Å². The molecule has 0 saturated carbocycles. The quantitative estimate of drug-likeness (QED) is 0.681. The summed E-state index contributed by atoms with van der Waals surface area (Å²) >= 11 is 0. The van der Waals surface area contributed by atoms with Gasteiger partial charge in [-0.05, 0) is 43.7 Å². The van der Waals surface area contributed by atoms with E-state index in [-0.39, 0.29) is 5.91 Å². The highest BCUT2D eigenvalue weighted by Crippen LogP contribution is 2.17. The normalized spacial score (nSPS) is 10.4. The summed E-state index contributed by atoms with van der Waals surface area (Å²) in [5.74, 6) is 0.908. The average Bonchev–Trinajstić information content (AvgIpc) is 2.66. The number of benzene rings is 2. The van der Waals surface area contributed by atoms with Crippen molar-refractivity contribution < 1.29 is 4.79 Å². The number of nitrogens with zero attached hydrogens (tertiary/aromatic N) is 3. The number of amides is 1. The van der Waals surface area contributed by atoms with E-state index in [9.17, 15) is 4.79 Å². The van der Waals surface area contributed by atoms with E-state index in [4.69, 9.17) is 0 Å². The van der Waals surface area contributed by atoms with Crippen molar-refractivity contribution in [1.82, 2.24) is 9.97 Å². The standard InChI is InChI=1S/C22H25N5O/c1-15-6-5-7-17(12-15)14-23-21-13-20(24-16(2)25-21)22(28)26-18-8-10-19(11-9-18)27(3)4/h5-13H,14H2,1-4H3,(H,26,28)(H,23,24,25). The fraction of sp³-hybridized carbons (Fsp3) is 0.227. The number of hydrogen-bond acceptors (Lipinski definition) is 5. The average molecular weight is 375 g/mol. The molecule has 0 saturated heterocycles. The van der Waals surface area contributed by atoms with Crippen LogP contribution in [-0.2, 0) is 6.54 Å². The Morgan fingerprint density at radius 3 is 2.43 bits per heavy atom. The Labute approximate surface area is 165 Å². The van der Waals surface area contributed by atoms with E-state index in [1.807, 2.05) is 49.3 Å². The fourth-order valence-corrected chi connectivity index (χ4v) is 2.83. The minimum absolute atomic E-state index is 0.262. The van der Waals surface area contributed by atoms with Crippen LogP contribution < -0.4 is 15.5 Å². The molecule has 28 heavy (non-hydrogen) atoms. The number of nitrogens with one attached hydrogen (secondary N) is 2. The maximum Gasteiger partial charge on any atom is 0.274 e. The van der Waals surface area contributed by atoms with Gasteiger partial charge in [0.25, 0.3) is 5.91 Å². The summed E-state index contributed by atoms with van der Waals surface area (Å²) in [6, 6.07) is 17.6. The molecule has 2 N–H and O–H groups in total. The Hall–Kier alpha value is -3.41. The summed E-state index contributed by atoms with van der Waals surface area (Å²) in [5, 5.41) is 6.16. The van der Waals surface area contributed by atoms with Gasteiger partial charge >= 0.3 is 0 Å². The molecule has 0 fully saturated rings. The third-order valence-corrected chi connectivity index (χ3v) is 4.27. The molecule has 0 unspecified atom stereocenters. The lowest BCUT2D eigenvalue weighted by Gasteiger charge is -2.13. The maximum absolute atomic E-state index is 12.6. The van der Waals surface area contributed by atoms with Gasteiger partial charge < -0.3 is 15.5 Å². The molecule has 0 atom stereocenters. The van der Waals surface area contributed by atoms with Gasteiger partial charge in [-0.1, -0.05) is 29.8 Å². The van der Waals surface area contributed by atoms with E-state index in [0.29, 0.717) is 23.9 Å². The van der Waals surface area contributed by atoms with E-state index in [2.05, 4.69) is 45.7 Å². The molecular weight excluding hydrogens is 350 g/mol. The molecule has 3 aromatic rings. The molecular formula is C22H25N5O. The summed E-state index contributed by atoms with van der Waals surface area (Å²) in [7, 11) is 3.95. The largest absolute Gasteiger partial charge is 0.378 e. The molecule has 3 rings (SSSR count). The molecule has 0 radical (unpaired) electrons. The number of anilines is 3. The van der Waals surface area contributed by atoms with Gasteiger partial charge in [-0.3, -0.25) is 4.79 Å². The lowest BCUT2D eigenvalue weighted by molar-refractivity contribution is 0.102. The Morgan fingerprint density at radius 1 is 1.00 bits per heavy atom. The van der Waals surface area contributed by atoms with Crippen LogP contribution in [0, 0.1) is 13.8 Å². The summed E-state index contributed by atoms with van der Waals surface area (Å²) in [4.78, 5) is 23.3. The lowest BCUT2D eigenvalue weighted by atomic mass is 10.1. The first-order valence-electron chi connectivity index (χ1n) is 9.14. The van der Waals surface area contributed by atoms with Crippen molar-refractivity contribution in [1.29, 1.82) is 0 Å². The first-order chi connectivity index (χ1) is 13.4. The molecule has 1 aromatic heterocycles. The van der Waals surface area contributed by atoms with Crippen molar-refractivity contribution in [2.24, 2.45) is 0 Å². The van der Waals surface area contributed by atoms with E-state index in [1.54, 1.807) is 13.0 Å². The summed E-state index contributed by atoms with van der Waals surface area (Å²) < 4.78 is 0. The highest BCUT2D eigenvalue weighted by molar-refractivity contribution is 6.03. The van der Waals surface area contributed by atoms with Gasteiger partial charge in [-0.2, -0.15) is 0 Å². The van der Waals surface area contributed by atoms with Crippen molar-refractivity contribution in [2.75, 3.05) is 29.6 Å². The Balaban J connectivity index is 1.70. The Morgan fingerprint density at radius 2 is 1.75 bits per heavy atom. The molecule has 1 amide bonds. The van der Waals surface area contributed by atoms with Crippen molar-refractivity contribution in [3.63, 3.8) is 0 Å². The van der Waals surface area contributed by atoms with E-state index in [1.165, 1.54) is 5.56 Å². The minimum atomic E-state index is -0.262. The summed E-state index contributed by atoms with van der Waals surface area (Å²) in [6.07, 6.45) is 0. The van der Waals surface area contributed by atoms with Crippen LogP contribution >= 0.6 is 0 Å². The van der Waals surface area contributed by atoms with E-state index >= 15 is 0 Å². The second-order valence-electron chi connectivity index (χ2n) is 6.92. The zero-order chi connectivity index (χ0) is 20.1. The highest BCUT2D eigenvalue weighted by Gasteiger charge is 2.11. The molecule has 0 aliphatic carbocycles. The van der Waals surface area contributed by atoms with E-state index < -0.39 is 0 Å². The molecule has 0 bridgehead atoms. The van der Waals surface area contributed by atoms with Crippen LogP contribution in [0.15, 0.2) is 54.6 Å². The van der Waals surface area contributed by atoms with Crippen LogP contribution in [0.5, 0.6) is 0 Å². The van der Waals surface area contributed by atoms with Crippen LogP contribution in [0.2, 0.25) is 0 Å². The third kappa shape index (κ3) is 5.07. The zero-order valence-corrected chi connectivity index (χ0v) is 16.7. The smallest absolute Gasteiger partial charge is 0.274 e. The predicted octanol–water partition coefficient (Wildman–Crippen LogP) is 4.02. The molecule has 6 nitrogen and oxygen atoms in total. The molecule has 1 heterocycles. The number of hydrogen-bond donors (Lipinski definition) is 2. The van der Waals surface area contributed by atoms with Crippen LogP contribution in [0.1, 0.15) is 27.4 Å². The number of rotatable bonds is 6. The SMILES string of the molecule is Cc1cccc(CNc2cc(C(=O)Nc3ccc(N(C)C)cc3)nc(C)n2)c1. The van der Waals surface area contributed by atoms with Crippen LogP contribution in [0.4, 0.5) is 17.2 Å².